The third kappa shape index (κ3) is 2.97. The van der Waals surface area contributed by atoms with Crippen LogP contribution in [-0.4, -0.2) is 41.3 Å². The molecule has 1 saturated carbocycles. The molecule has 0 spiro atoms. The molecule has 1 heterocycles. The van der Waals surface area contributed by atoms with Crippen molar-refractivity contribution in [2.45, 2.75) is 44.4 Å². The van der Waals surface area contributed by atoms with Crippen molar-refractivity contribution in [3.05, 3.63) is 35.9 Å². The van der Waals surface area contributed by atoms with Crippen LogP contribution in [-0.2, 0) is 9.53 Å². The van der Waals surface area contributed by atoms with E-state index in [-0.39, 0.29) is 24.0 Å². The minimum absolute atomic E-state index is 0.0392. The molecule has 2 fully saturated rings. The Hall–Kier alpha value is -1.39. The highest BCUT2D eigenvalue weighted by atomic mass is 16.5. The fourth-order valence-electron chi connectivity index (χ4n) is 3.44. The third-order valence-corrected chi connectivity index (χ3v) is 4.63. The van der Waals surface area contributed by atoms with Crippen molar-refractivity contribution in [2.24, 2.45) is 5.92 Å². The zero-order valence-electron chi connectivity index (χ0n) is 12.4. The van der Waals surface area contributed by atoms with Gasteiger partial charge in [-0.05, 0) is 31.7 Å². The molecule has 1 aliphatic carbocycles. The number of nitrogens with zero attached hydrogens (tertiary/aromatic N) is 1. The summed E-state index contributed by atoms with van der Waals surface area (Å²) in [6.07, 6.45) is 2.05. The van der Waals surface area contributed by atoms with Crippen LogP contribution in [0.3, 0.4) is 0 Å². The van der Waals surface area contributed by atoms with Crippen molar-refractivity contribution in [1.29, 1.82) is 0 Å². The Morgan fingerprint density at radius 2 is 2.05 bits per heavy atom. The fraction of sp³-hybridized carbons (Fsp3) is 0.588. The lowest BCUT2D eigenvalue weighted by molar-refractivity contribution is -0.151. The van der Waals surface area contributed by atoms with Gasteiger partial charge >= 0.3 is 0 Å². The molecule has 21 heavy (non-hydrogen) atoms. The van der Waals surface area contributed by atoms with Crippen molar-refractivity contribution in [1.82, 2.24) is 4.90 Å². The molecule has 4 atom stereocenters. The van der Waals surface area contributed by atoms with Gasteiger partial charge in [-0.25, -0.2) is 0 Å². The van der Waals surface area contributed by atoms with Gasteiger partial charge in [0, 0.05) is 6.54 Å². The van der Waals surface area contributed by atoms with Gasteiger partial charge in [-0.15, -0.1) is 0 Å². The molecule has 1 aromatic rings. The number of aliphatic hydroxyl groups is 1. The first-order valence-electron chi connectivity index (χ1n) is 7.82. The lowest BCUT2D eigenvalue weighted by atomic mass is 9.98. The average Bonchev–Trinajstić information content (AvgIpc) is 2.93. The molecule has 1 saturated heterocycles. The molecule has 1 amide bonds. The molecule has 3 rings (SSSR count). The number of hydrogen-bond donors (Lipinski definition) is 1. The quantitative estimate of drug-likeness (QED) is 0.907. The number of aliphatic hydroxyl groups excluding tert-OH is 1. The van der Waals surface area contributed by atoms with E-state index in [0.717, 1.165) is 24.8 Å². The van der Waals surface area contributed by atoms with Gasteiger partial charge in [-0.2, -0.15) is 0 Å². The van der Waals surface area contributed by atoms with E-state index < -0.39 is 6.10 Å². The Bertz CT molecular complexity index is 490. The largest absolute Gasteiger partial charge is 0.392 e. The number of hydrogen-bond acceptors (Lipinski definition) is 3. The van der Waals surface area contributed by atoms with E-state index in [0.29, 0.717) is 13.2 Å². The van der Waals surface area contributed by atoms with Gasteiger partial charge in [0.1, 0.15) is 0 Å². The predicted octanol–water partition coefficient (Wildman–Crippen LogP) is 2.14. The second-order valence-electron chi connectivity index (χ2n) is 6.17. The summed E-state index contributed by atoms with van der Waals surface area (Å²) in [6.45, 7) is 3.12. The monoisotopic (exact) mass is 289 g/mol. The molecule has 2 aliphatic rings. The first-order chi connectivity index (χ1) is 10.2. The van der Waals surface area contributed by atoms with E-state index in [9.17, 15) is 9.90 Å². The van der Waals surface area contributed by atoms with Crippen LogP contribution < -0.4 is 0 Å². The van der Waals surface area contributed by atoms with Gasteiger partial charge in [0.05, 0.1) is 30.8 Å². The highest BCUT2D eigenvalue weighted by molar-refractivity contribution is 5.80. The van der Waals surface area contributed by atoms with Gasteiger partial charge in [-0.3, -0.25) is 4.79 Å². The van der Waals surface area contributed by atoms with E-state index in [4.69, 9.17) is 4.74 Å². The maximum Gasteiger partial charge on any atom is 0.228 e. The lowest BCUT2D eigenvalue weighted by Crippen LogP contribution is -2.49. The van der Waals surface area contributed by atoms with Crippen LogP contribution in [0, 0.1) is 5.92 Å². The summed E-state index contributed by atoms with van der Waals surface area (Å²) in [4.78, 5) is 14.8. The van der Waals surface area contributed by atoms with Gasteiger partial charge in [0.25, 0.3) is 0 Å². The summed E-state index contributed by atoms with van der Waals surface area (Å²) in [5, 5.41) is 10.0. The number of rotatable bonds is 2. The number of ether oxygens (including phenoxy) is 1. The Kier molecular flexibility index (Phi) is 4.27. The second-order valence-corrected chi connectivity index (χ2v) is 6.17. The normalized spacial score (nSPS) is 33.1. The van der Waals surface area contributed by atoms with Crippen LogP contribution in [0.1, 0.15) is 37.8 Å². The molecule has 4 nitrogen and oxygen atoms in total. The molecule has 0 bridgehead atoms. The van der Waals surface area contributed by atoms with Gasteiger partial charge in [0.2, 0.25) is 5.91 Å². The van der Waals surface area contributed by atoms with E-state index in [2.05, 4.69) is 0 Å². The zero-order chi connectivity index (χ0) is 14.8. The number of carbonyl (C=O) groups is 1. The van der Waals surface area contributed by atoms with Crippen molar-refractivity contribution in [3.8, 4) is 0 Å². The zero-order valence-corrected chi connectivity index (χ0v) is 12.4. The first-order valence-corrected chi connectivity index (χ1v) is 7.82. The van der Waals surface area contributed by atoms with Gasteiger partial charge in [0.15, 0.2) is 0 Å². The van der Waals surface area contributed by atoms with E-state index in [1.807, 2.05) is 42.2 Å². The average molecular weight is 289 g/mol. The number of morpholine rings is 1. The topological polar surface area (TPSA) is 49.8 Å². The van der Waals surface area contributed by atoms with Crippen molar-refractivity contribution in [3.63, 3.8) is 0 Å². The maximum atomic E-state index is 12.9. The highest BCUT2D eigenvalue weighted by Gasteiger charge is 2.39. The summed E-state index contributed by atoms with van der Waals surface area (Å²) in [7, 11) is 0. The number of carbonyl (C=O) groups excluding carboxylic acids is 1. The Labute approximate surface area is 125 Å². The SMILES string of the molecule is CC1CN(C(=O)C2CCCC2O)C(c2ccccc2)CO1. The van der Waals surface area contributed by atoms with E-state index in [1.54, 1.807) is 0 Å². The minimum Gasteiger partial charge on any atom is -0.392 e. The number of benzene rings is 1. The van der Waals surface area contributed by atoms with Crippen LogP contribution in [0.15, 0.2) is 30.3 Å². The lowest BCUT2D eigenvalue weighted by Gasteiger charge is -2.40. The minimum atomic E-state index is -0.480. The maximum absolute atomic E-state index is 12.9. The summed E-state index contributed by atoms with van der Waals surface area (Å²) in [5.74, 6) is -0.148. The van der Waals surface area contributed by atoms with Crippen molar-refractivity contribution >= 4 is 5.91 Å². The summed E-state index contributed by atoms with van der Waals surface area (Å²) < 4.78 is 5.76. The second kappa shape index (κ2) is 6.16. The molecule has 0 radical (unpaired) electrons. The standard InChI is InChI=1S/C17H23NO3/c1-12-10-18(17(20)14-8-5-9-16(14)19)15(11-21-12)13-6-3-2-4-7-13/h2-4,6-7,12,14-16,19H,5,8-11H2,1H3. The highest BCUT2D eigenvalue weighted by Crippen LogP contribution is 2.33. The third-order valence-electron chi connectivity index (χ3n) is 4.63. The Morgan fingerprint density at radius 1 is 1.29 bits per heavy atom. The summed E-state index contributed by atoms with van der Waals surface area (Å²) >= 11 is 0. The van der Waals surface area contributed by atoms with E-state index in [1.165, 1.54) is 0 Å². The molecule has 1 aromatic carbocycles. The Morgan fingerprint density at radius 3 is 2.71 bits per heavy atom. The van der Waals surface area contributed by atoms with Crippen LogP contribution >= 0.6 is 0 Å². The molecule has 0 aromatic heterocycles. The fourth-order valence-corrected chi connectivity index (χ4v) is 3.44. The van der Waals surface area contributed by atoms with Crippen LogP contribution in [0.2, 0.25) is 0 Å². The summed E-state index contributed by atoms with van der Waals surface area (Å²) in [6, 6.07) is 9.98. The van der Waals surface area contributed by atoms with Crippen LogP contribution in [0.25, 0.3) is 0 Å². The molecular formula is C17H23NO3. The van der Waals surface area contributed by atoms with E-state index >= 15 is 0 Å². The summed E-state index contributed by atoms with van der Waals surface area (Å²) in [5.41, 5.74) is 1.10. The molecule has 1 N–H and O–H groups in total. The molecule has 4 heteroatoms. The van der Waals surface area contributed by atoms with Crippen LogP contribution in [0.5, 0.6) is 0 Å². The Balaban J connectivity index is 1.83. The molecule has 1 aliphatic heterocycles. The van der Waals surface area contributed by atoms with Crippen molar-refractivity contribution in [2.75, 3.05) is 13.2 Å². The predicted molar refractivity (Wildman–Crippen MR) is 79.7 cm³/mol. The van der Waals surface area contributed by atoms with Crippen LogP contribution in [0.4, 0.5) is 0 Å². The molecular weight excluding hydrogens is 266 g/mol. The van der Waals surface area contributed by atoms with Crippen molar-refractivity contribution < 1.29 is 14.6 Å². The molecule has 4 unspecified atom stereocenters. The first kappa shape index (κ1) is 14.5. The van der Waals surface area contributed by atoms with Gasteiger partial charge < -0.3 is 14.7 Å². The molecule has 114 valence electrons. The number of amides is 1. The smallest absolute Gasteiger partial charge is 0.228 e. The van der Waals surface area contributed by atoms with Gasteiger partial charge in [-0.1, -0.05) is 30.3 Å².